The van der Waals surface area contributed by atoms with Gasteiger partial charge in [0.1, 0.15) is 0 Å². The molecule has 2 aromatic carbocycles. The monoisotopic (exact) mass is 393 g/mol. The van der Waals surface area contributed by atoms with E-state index in [1.807, 2.05) is 41.7 Å². The van der Waals surface area contributed by atoms with Crippen LogP contribution in [0, 0.1) is 6.92 Å². The fraction of sp³-hybridized carbons (Fsp3) is 0.286. The lowest BCUT2D eigenvalue weighted by Gasteiger charge is -2.30. The van der Waals surface area contributed by atoms with Crippen LogP contribution in [0.4, 0.5) is 5.69 Å². The summed E-state index contributed by atoms with van der Waals surface area (Å²) in [5, 5.41) is 10.2. The molecule has 0 bridgehead atoms. The summed E-state index contributed by atoms with van der Waals surface area (Å²) >= 11 is 6.18. The summed E-state index contributed by atoms with van der Waals surface area (Å²) < 4.78 is 3.57. The van der Waals surface area contributed by atoms with Gasteiger partial charge in [-0.25, -0.2) is 0 Å². The van der Waals surface area contributed by atoms with E-state index in [9.17, 15) is 4.79 Å². The minimum absolute atomic E-state index is 0.0527. The van der Waals surface area contributed by atoms with E-state index in [1.54, 1.807) is 11.6 Å². The highest BCUT2D eigenvalue weighted by atomic mass is 35.5. The highest BCUT2D eigenvalue weighted by Crippen LogP contribution is 2.30. The normalized spacial score (nSPS) is 14.0. The molecule has 7 heteroatoms. The second-order valence-electron chi connectivity index (χ2n) is 7.43. The molecule has 3 heterocycles. The first-order valence-corrected chi connectivity index (χ1v) is 9.77. The number of anilines is 1. The molecular formula is C21H20ClN5O. The number of fused-ring (bicyclic) bond motifs is 4. The molecule has 0 fully saturated rings. The zero-order valence-electron chi connectivity index (χ0n) is 15.8. The Kier molecular flexibility index (Phi) is 3.91. The van der Waals surface area contributed by atoms with Gasteiger partial charge < -0.3 is 4.90 Å². The Hall–Kier alpha value is -2.86. The van der Waals surface area contributed by atoms with Crippen molar-refractivity contribution in [2.24, 2.45) is 7.05 Å². The number of nitrogens with zero attached hydrogens (tertiary/aromatic N) is 5. The highest BCUT2D eigenvalue weighted by molar-refractivity contribution is 6.30. The van der Waals surface area contributed by atoms with Gasteiger partial charge >= 0.3 is 0 Å². The number of halogens is 1. The van der Waals surface area contributed by atoms with Crippen LogP contribution in [0.2, 0.25) is 5.02 Å². The van der Waals surface area contributed by atoms with Gasteiger partial charge in [0.15, 0.2) is 5.82 Å². The molecule has 6 nitrogen and oxygen atoms in total. The Balaban J connectivity index is 1.68. The van der Waals surface area contributed by atoms with Gasteiger partial charge in [-0.3, -0.25) is 13.8 Å². The average Bonchev–Trinajstić information content (AvgIpc) is 3.10. The molecule has 2 aromatic heterocycles. The van der Waals surface area contributed by atoms with Gasteiger partial charge in [-0.1, -0.05) is 23.2 Å². The first-order valence-electron chi connectivity index (χ1n) is 9.39. The maximum absolute atomic E-state index is 12.7. The smallest absolute Gasteiger partial charge is 0.262 e. The lowest BCUT2D eigenvalue weighted by atomic mass is 10.0. The van der Waals surface area contributed by atoms with Crippen molar-refractivity contribution in [1.82, 2.24) is 19.2 Å². The molecule has 1 aliphatic heterocycles. The standard InChI is InChI=1S/C21H20ClN5O/c1-13-5-7-18-16(10-13)20(28)25(2)21-24-23-19(27(18)21)12-26-9-3-4-14-11-15(22)6-8-17(14)26/h5-8,10-11H,3-4,9,12H2,1-2H3. The van der Waals surface area contributed by atoms with Crippen LogP contribution < -0.4 is 10.5 Å². The number of hydrogen-bond donors (Lipinski definition) is 0. The molecular weight excluding hydrogens is 374 g/mol. The Bertz CT molecular complexity index is 1290. The maximum atomic E-state index is 12.7. The van der Waals surface area contributed by atoms with Gasteiger partial charge in [0.2, 0.25) is 5.78 Å². The molecule has 0 unspecified atom stereocenters. The predicted octanol–water partition coefficient (Wildman–Crippen LogP) is 3.50. The van der Waals surface area contributed by atoms with E-state index in [2.05, 4.69) is 21.2 Å². The molecule has 0 saturated carbocycles. The number of rotatable bonds is 2. The average molecular weight is 394 g/mol. The predicted molar refractivity (Wildman–Crippen MR) is 111 cm³/mol. The van der Waals surface area contributed by atoms with Crippen LogP contribution in [0.5, 0.6) is 0 Å². The van der Waals surface area contributed by atoms with Crippen molar-refractivity contribution < 1.29 is 0 Å². The second kappa shape index (κ2) is 6.34. The van der Waals surface area contributed by atoms with Gasteiger partial charge in [0, 0.05) is 24.3 Å². The summed E-state index contributed by atoms with van der Waals surface area (Å²) in [6.07, 6.45) is 2.10. The van der Waals surface area contributed by atoms with Crippen molar-refractivity contribution in [2.45, 2.75) is 26.3 Å². The quantitative estimate of drug-likeness (QED) is 0.523. The van der Waals surface area contributed by atoms with Gasteiger partial charge in [-0.2, -0.15) is 0 Å². The third-order valence-corrected chi connectivity index (χ3v) is 5.76. The van der Waals surface area contributed by atoms with Crippen LogP contribution in [0.3, 0.4) is 0 Å². The van der Waals surface area contributed by atoms with E-state index in [0.717, 1.165) is 41.3 Å². The number of aromatic nitrogens is 4. The molecule has 142 valence electrons. The molecule has 0 N–H and O–H groups in total. The minimum Gasteiger partial charge on any atom is -0.364 e. The van der Waals surface area contributed by atoms with E-state index in [1.165, 1.54) is 11.3 Å². The molecule has 0 radical (unpaired) electrons. The molecule has 0 atom stereocenters. The van der Waals surface area contributed by atoms with Gasteiger partial charge in [-0.15, -0.1) is 10.2 Å². The van der Waals surface area contributed by atoms with Crippen LogP contribution in [0.25, 0.3) is 16.7 Å². The van der Waals surface area contributed by atoms with Crippen molar-refractivity contribution in [3.05, 3.63) is 68.7 Å². The molecule has 4 aromatic rings. The van der Waals surface area contributed by atoms with Crippen molar-refractivity contribution in [2.75, 3.05) is 11.4 Å². The lowest BCUT2D eigenvalue weighted by Crippen LogP contribution is -2.30. The van der Waals surface area contributed by atoms with Gasteiger partial charge in [0.05, 0.1) is 17.4 Å². The molecule has 1 aliphatic rings. The Morgan fingerprint density at radius 3 is 2.86 bits per heavy atom. The van der Waals surface area contributed by atoms with Crippen LogP contribution >= 0.6 is 11.6 Å². The summed E-state index contributed by atoms with van der Waals surface area (Å²) in [4.78, 5) is 15.1. The molecule has 0 aliphatic carbocycles. The van der Waals surface area contributed by atoms with E-state index in [0.29, 0.717) is 17.7 Å². The molecule has 28 heavy (non-hydrogen) atoms. The molecule has 0 saturated heterocycles. The first-order chi connectivity index (χ1) is 13.5. The van der Waals surface area contributed by atoms with E-state index in [4.69, 9.17) is 11.6 Å². The largest absolute Gasteiger partial charge is 0.364 e. The summed E-state index contributed by atoms with van der Waals surface area (Å²) in [5.74, 6) is 1.38. The summed E-state index contributed by atoms with van der Waals surface area (Å²) in [7, 11) is 1.75. The fourth-order valence-electron chi connectivity index (χ4n) is 4.14. The zero-order valence-corrected chi connectivity index (χ0v) is 16.6. The van der Waals surface area contributed by atoms with Crippen molar-refractivity contribution in [3.63, 3.8) is 0 Å². The maximum Gasteiger partial charge on any atom is 0.262 e. The first kappa shape index (κ1) is 17.3. The van der Waals surface area contributed by atoms with Crippen LogP contribution in [-0.4, -0.2) is 25.7 Å². The third-order valence-electron chi connectivity index (χ3n) is 5.53. The van der Waals surface area contributed by atoms with Crippen molar-refractivity contribution in [3.8, 4) is 0 Å². The number of hydrogen-bond acceptors (Lipinski definition) is 4. The minimum atomic E-state index is -0.0527. The zero-order chi connectivity index (χ0) is 19.4. The van der Waals surface area contributed by atoms with Crippen LogP contribution in [-0.2, 0) is 20.0 Å². The molecule has 5 rings (SSSR count). The Labute approximate surface area is 167 Å². The van der Waals surface area contributed by atoms with Crippen molar-refractivity contribution >= 4 is 34.0 Å². The topological polar surface area (TPSA) is 55.4 Å². The Morgan fingerprint density at radius 1 is 1.14 bits per heavy atom. The lowest BCUT2D eigenvalue weighted by molar-refractivity contribution is 0.671. The van der Waals surface area contributed by atoms with Crippen LogP contribution in [0.1, 0.15) is 23.4 Å². The second-order valence-corrected chi connectivity index (χ2v) is 7.87. The fourth-order valence-corrected chi connectivity index (χ4v) is 4.33. The summed E-state index contributed by atoms with van der Waals surface area (Å²) in [6, 6.07) is 12.0. The SMILES string of the molecule is Cc1ccc2c(c1)c(=O)n(C)c1nnc(CN3CCCc4cc(Cl)ccc43)n21. The van der Waals surface area contributed by atoms with Crippen LogP contribution in [0.15, 0.2) is 41.2 Å². The van der Waals surface area contributed by atoms with E-state index < -0.39 is 0 Å². The molecule has 0 spiro atoms. The van der Waals surface area contributed by atoms with Gasteiger partial charge in [-0.05, 0) is 55.7 Å². The van der Waals surface area contributed by atoms with E-state index >= 15 is 0 Å². The number of aryl methyl sites for hydroxylation is 3. The van der Waals surface area contributed by atoms with Gasteiger partial charge in [0.25, 0.3) is 5.56 Å². The molecule has 0 amide bonds. The highest BCUT2D eigenvalue weighted by Gasteiger charge is 2.21. The van der Waals surface area contributed by atoms with Crippen molar-refractivity contribution in [1.29, 1.82) is 0 Å². The Morgan fingerprint density at radius 2 is 2.00 bits per heavy atom. The van der Waals surface area contributed by atoms with E-state index in [-0.39, 0.29) is 5.56 Å². The number of benzene rings is 2. The summed E-state index contributed by atoms with van der Waals surface area (Å²) in [6.45, 7) is 3.56. The summed E-state index contributed by atoms with van der Waals surface area (Å²) in [5.41, 5.74) is 4.30. The third kappa shape index (κ3) is 2.59.